The summed E-state index contributed by atoms with van der Waals surface area (Å²) >= 11 is 6.25. The van der Waals surface area contributed by atoms with Crippen molar-refractivity contribution in [3.05, 3.63) is 118 Å². The van der Waals surface area contributed by atoms with Gasteiger partial charge in [0.25, 0.3) is 5.91 Å². The van der Waals surface area contributed by atoms with Gasteiger partial charge in [-0.3, -0.25) is 4.79 Å². The minimum absolute atomic E-state index is 0.0357. The number of halogens is 5. The van der Waals surface area contributed by atoms with Crippen molar-refractivity contribution >= 4 is 28.3 Å². The Morgan fingerprint density at radius 3 is 2.14 bits per heavy atom. The first-order valence-corrected chi connectivity index (χ1v) is 11.1. The third-order valence-electron chi connectivity index (χ3n) is 5.76. The van der Waals surface area contributed by atoms with Crippen molar-refractivity contribution in [2.45, 2.75) is 24.7 Å². The molecule has 0 aliphatic carbocycles. The fourth-order valence-corrected chi connectivity index (χ4v) is 4.15. The first kappa shape index (κ1) is 24.7. The molecule has 0 aliphatic rings. The van der Waals surface area contributed by atoms with Crippen LogP contribution in [0.4, 0.5) is 17.6 Å². The van der Waals surface area contributed by atoms with Crippen molar-refractivity contribution in [1.29, 1.82) is 0 Å². The Bertz CT molecular complexity index is 1340. The molecule has 180 valence electrons. The van der Waals surface area contributed by atoms with Gasteiger partial charge in [0.1, 0.15) is 5.82 Å². The Hall–Kier alpha value is -3.42. The van der Waals surface area contributed by atoms with E-state index in [4.69, 9.17) is 11.6 Å². The minimum atomic E-state index is -4.48. The molecule has 2 atom stereocenters. The van der Waals surface area contributed by atoms with E-state index in [0.29, 0.717) is 32.5 Å². The van der Waals surface area contributed by atoms with E-state index in [1.807, 2.05) is 0 Å². The van der Waals surface area contributed by atoms with Crippen LogP contribution in [0.3, 0.4) is 0 Å². The highest BCUT2D eigenvalue weighted by atomic mass is 35.5. The summed E-state index contributed by atoms with van der Waals surface area (Å²) in [6.07, 6.45) is -5.69. The fraction of sp³-hybridized carbons (Fsp3) is 0.148. The maximum Gasteiger partial charge on any atom is 0.416 e. The molecule has 35 heavy (non-hydrogen) atoms. The van der Waals surface area contributed by atoms with Crippen LogP contribution in [0.25, 0.3) is 10.8 Å². The molecular formula is C27H20ClF4NO2. The number of amides is 1. The molecule has 4 aromatic rings. The Labute approximate surface area is 204 Å². The molecule has 0 heterocycles. The Kier molecular flexibility index (Phi) is 7.10. The highest BCUT2D eigenvalue weighted by Crippen LogP contribution is 2.30. The molecule has 0 aliphatic heterocycles. The number of carbonyl (C=O) groups excluding carboxylic acids is 1. The molecule has 0 saturated heterocycles. The number of carbonyl (C=O) groups is 1. The summed E-state index contributed by atoms with van der Waals surface area (Å²) < 4.78 is 52.2. The summed E-state index contributed by atoms with van der Waals surface area (Å²) in [5, 5.41) is 15.6. The van der Waals surface area contributed by atoms with Crippen molar-refractivity contribution in [3.63, 3.8) is 0 Å². The zero-order valence-corrected chi connectivity index (χ0v) is 18.9. The van der Waals surface area contributed by atoms with Crippen LogP contribution < -0.4 is 5.32 Å². The third-order valence-corrected chi connectivity index (χ3v) is 6.09. The molecule has 2 unspecified atom stereocenters. The Balaban J connectivity index is 1.66. The number of alkyl halides is 3. The van der Waals surface area contributed by atoms with Gasteiger partial charge in [-0.15, -0.1) is 0 Å². The molecule has 4 aromatic carbocycles. The zero-order chi connectivity index (χ0) is 25.2. The van der Waals surface area contributed by atoms with E-state index in [1.165, 1.54) is 36.4 Å². The summed E-state index contributed by atoms with van der Waals surface area (Å²) in [5.74, 6) is -0.979. The van der Waals surface area contributed by atoms with E-state index in [2.05, 4.69) is 5.32 Å². The van der Waals surface area contributed by atoms with Crippen LogP contribution in [0.15, 0.2) is 84.9 Å². The quantitative estimate of drug-likeness (QED) is 0.288. The van der Waals surface area contributed by atoms with E-state index < -0.39 is 35.6 Å². The second kappa shape index (κ2) is 10.1. The van der Waals surface area contributed by atoms with Gasteiger partial charge >= 0.3 is 6.18 Å². The lowest BCUT2D eigenvalue weighted by molar-refractivity contribution is -0.137. The van der Waals surface area contributed by atoms with Gasteiger partial charge in [-0.1, -0.05) is 60.1 Å². The van der Waals surface area contributed by atoms with Gasteiger partial charge in [-0.05, 0) is 59.3 Å². The van der Waals surface area contributed by atoms with Crippen LogP contribution in [0, 0.1) is 5.82 Å². The average Bonchev–Trinajstić information content (AvgIpc) is 2.84. The zero-order valence-electron chi connectivity index (χ0n) is 18.2. The summed E-state index contributed by atoms with van der Waals surface area (Å²) in [6, 6.07) is 19.0. The van der Waals surface area contributed by atoms with Gasteiger partial charge in [-0.25, -0.2) is 4.39 Å². The molecule has 1 amide bonds. The molecule has 0 saturated carbocycles. The molecule has 0 aromatic heterocycles. The second-order valence-electron chi connectivity index (χ2n) is 8.12. The molecule has 0 bridgehead atoms. The van der Waals surface area contributed by atoms with E-state index in [0.717, 1.165) is 12.1 Å². The smallest absolute Gasteiger partial charge is 0.386 e. The van der Waals surface area contributed by atoms with Gasteiger partial charge in [-0.2, -0.15) is 13.2 Å². The Morgan fingerprint density at radius 1 is 0.886 bits per heavy atom. The first-order valence-electron chi connectivity index (χ1n) is 10.7. The molecule has 0 radical (unpaired) electrons. The fourth-order valence-electron chi connectivity index (χ4n) is 3.92. The molecule has 0 fully saturated rings. The van der Waals surface area contributed by atoms with Crippen molar-refractivity contribution in [2.24, 2.45) is 0 Å². The molecule has 3 nitrogen and oxygen atoms in total. The van der Waals surface area contributed by atoms with Gasteiger partial charge in [0.2, 0.25) is 0 Å². The van der Waals surface area contributed by atoms with Crippen LogP contribution in [-0.2, 0) is 12.6 Å². The summed E-state index contributed by atoms with van der Waals surface area (Å²) in [7, 11) is 0. The van der Waals surface area contributed by atoms with Crippen molar-refractivity contribution in [3.8, 4) is 0 Å². The van der Waals surface area contributed by atoms with Gasteiger partial charge in [0.15, 0.2) is 0 Å². The summed E-state index contributed by atoms with van der Waals surface area (Å²) in [6.45, 7) is 0. The average molecular weight is 502 g/mol. The standard InChI is InChI=1S/C27H20ClF4NO2/c28-23-14-13-22(20-3-1-2-4-21(20)23)26(35)33-24(25(34)17-7-11-19(29)12-8-17)15-16-5-9-18(10-6-16)27(30,31)32/h1-14,24-25,34H,15H2,(H,33,35). The number of aliphatic hydroxyl groups excluding tert-OH is 1. The number of hydrogen-bond acceptors (Lipinski definition) is 2. The summed E-state index contributed by atoms with van der Waals surface area (Å²) in [4.78, 5) is 13.3. The van der Waals surface area contributed by atoms with E-state index in [9.17, 15) is 27.5 Å². The lowest BCUT2D eigenvalue weighted by Gasteiger charge is -2.25. The van der Waals surface area contributed by atoms with E-state index >= 15 is 0 Å². The SMILES string of the molecule is O=C(NC(Cc1ccc(C(F)(F)F)cc1)C(O)c1ccc(F)cc1)c1ccc(Cl)c2ccccc12. The molecule has 2 N–H and O–H groups in total. The normalized spacial score (nSPS) is 13.4. The minimum Gasteiger partial charge on any atom is -0.386 e. The number of rotatable bonds is 6. The predicted octanol–water partition coefficient (Wildman–Crippen LogP) is 6.73. The van der Waals surface area contributed by atoms with Crippen LogP contribution in [0.1, 0.15) is 33.2 Å². The lowest BCUT2D eigenvalue weighted by atomic mass is 9.94. The number of aliphatic hydroxyl groups is 1. The highest BCUT2D eigenvalue weighted by molar-refractivity contribution is 6.36. The summed E-state index contributed by atoms with van der Waals surface area (Å²) in [5.41, 5.74) is 0.359. The molecule has 4 rings (SSSR count). The molecule has 0 spiro atoms. The van der Waals surface area contributed by atoms with Gasteiger partial charge < -0.3 is 10.4 Å². The number of benzene rings is 4. The maximum absolute atomic E-state index is 13.4. The topological polar surface area (TPSA) is 49.3 Å². The van der Waals surface area contributed by atoms with Crippen LogP contribution in [0.5, 0.6) is 0 Å². The van der Waals surface area contributed by atoms with Gasteiger partial charge in [0.05, 0.1) is 17.7 Å². The number of nitrogens with one attached hydrogen (secondary N) is 1. The van der Waals surface area contributed by atoms with Crippen LogP contribution in [0.2, 0.25) is 5.02 Å². The predicted molar refractivity (Wildman–Crippen MR) is 127 cm³/mol. The van der Waals surface area contributed by atoms with Crippen LogP contribution in [-0.4, -0.2) is 17.1 Å². The van der Waals surface area contributed by atoms with Gasteiger partial charge in [0, 0.05) is 16.0 Å². The first-order chi connectivity index (χ1) is 16.6. The van der Waals surface area contributed by atoms with Crippen molar-refractivity contribution in [2.75, 3.05) is 0 Å². The van der Waals surface area contributed by atoms with Crippen LogP contribution >= 0.6 is 11.6 Å². The van der Waals surface area contributed by atoms with Crippen molar-refractivity contribution < 1.29 is 27.5 Å². The maximum atomic E-state index is 13.4. The largest absolute Gasteiger partial charge is 0.416 e. The number of fused-ring (bicyclic) bond motifs is 1. The third kappa shape index (κ3) is 5.63. The molecular weight excluding hydrogens is 482 g/mol. The van der Waals surface area contributed by atoms with E-state index in [1.54, 1.807) is 36.4 Å². The van der Waals surface area contributed by atoms with Crippen molar-refractivity contribution in [1.82, 2.24) is 5.32 Å². The molecule has 8 heteroatoms. The number of hydrogen-bond donors (Lipinski definition) is 2. The van der Waals surface area contributed by atoms with E-state index in [-0.39, 0.29) is 6.42 Å². The highest BCUT2D eigenvalue weighted by Gasteiger charge is 2.30. The Morgan fingerprint density at radius 2 is 1.51 bits per heavy atom. The lowest BCUT2D eigenvalue weighted by Crippen LogP contribution is -2.41. The second-order valence-corrected chi connectivity index (χ2v) is 8.52. The monoisotopic (exact) mass is 501 g/mol.